The monoisotopic (exact) mass is 400 g/mol. The summed E-state index contributed by atoms with van der Waals surface area (Å²) in [5.41, 5.74) is 2.29. The number of carbonyl (C=O) groups excluding carboxylic acids is 1. The van der Waals surface area contributed by atoms with Crippen LogP contribution in [0.25, 0.3) is 0 Å². The van der Waals surface area contributed by atoms with Gasteiger partial charge in [-0.05, 0) is 38.1 Å². The van der Waals surface area contributed by atoms with Crippen LogP contribution in [-0.2, 0) is 10.0 Å². The van der Waals surface area contributed by atoms with E-state index in [1.807, 2.05) is 19.9 Å². The summed E-state index contributed by atoms with van der Waals surface area (Å²) in [5.74, 6) is -0.392. The summed E-state index contributed by atoms with van der Waals surface area (Å²) in [6.45, 7) is 3.73. The molecule has 0 spiro atoms. The SMILES string of the molecule is Cc1ccc(S(=O)(=O)Nc2cc(Cl)cnc2C(=O)c2cccc(C)c2)cc1. The van der Waals surface area contributed by atoms with Gasteiger partial charge in [0.15, 0.2) is 0 Å². The minimum Gasteiger partial charge on any atom is -0.287 e. The summed E-state index contributed by atoms with van der Waals surface area (Å²) in [5, 5.41) is 0.220. The van der Waals surface area contributed by atoms with Crippen molar-refractivity contribution in [3.8, 4) is 0 Å². The van der Waals surface area contributed by atoms with Crippen LogP contribution in [0.5, 0.6) is 0 Å². The third-order valence-corrected chi connectivity index (χ3v) is 5.51. The van der Waals surface area contributed by atoms with Gasteiger partial charge >= 0.3 is 0 Å². The number of aromatic nitrogens is 1. The van der Waals surface area contributed by atoms with Gasteiger partial charge < -0.3 is 0 Å². The number of rotatable bonds is 5. The second-order valence-electron chi connectivity index (χ2n) is 6.17. The van der Waals surface area contributed by atoms with Gasteiger partial charge in [0.25, 0.3) is 10.0 Å². The zero-order valence-corrected chi connectivity index (χ0v) is 16.3. The van der Waals surface area contributed by atoms with E-state index in [9.17, 15) is 13.2 Å². The number of benzene rings is 2. The molecule has 138 valence electrons. The molecule has 0 amide bonds. The Balaban J connectivity index is 2.02. The first-order chi connectivity index (χ1) is 12.8. The molecule has 1 N–H and O–H groups in total. The summed E-state index contributed by atoms with van der Waals surface area (Å²) in [7, 11) is -3.89. The summed E-state index contributed by atoms with van der Waals surface area (Å²) >= 11 is 5.98. The molecule has 0 atom stereocenters. The fourth-order valence-electron chi connectivity index (χ4n) is 2.54. The molecular formula is C20H17ClN2O3S. The maximum Gasteiger partial charge on any atom is 0.261 e. The molecule has 0 unspecified atom stereocenters. The maximum atomic E-state index is 12.9. The van der Waals surface area contributed by atoms with Crippen LogP contribution in [-0.4, -0.2) is 19.2 Å². The van der Waals surface area contributed by atoms with E-state index in [0.29, 0.717) is 5.56 Å². The van der Waals surface area contributed by atoms with Gasteiger partial charge in [-0.1, -0.05) is 53.1 Å². The molecule has 1 heterocycles. The zero-order chi connectivity index (χ0) is 19.6. The lowest BCUT2D eigenvalue weighted by Crippen LogP contribution is -2.17. The van der Waals surface area contributed by atoms with E-state index in [-0.39, 0.29) is 21.3 Å². The summed E-state index contributed by atoms with van der Waals surface area (Å²) in [6, 6.07) is 14.8. The summed E-state index contributed by atoms with van der Waals surface area (Å²) in [4.78, 5) is 17.0. The Morgan fingerprint density at radius 1 is 1.00 bits per heavy atom. The van der Waals surface area contributed by atoms with Gasteiger partial charge in [-0.25, -0.2) is 13.4 Å². The van der Waals surface area contributed by atoms with Gasteiger partial charge in [-0.2, -0.15) is 0 Å². The third-order valence-electron chi connectivity index (χ3n) is 3.93. The molecule has 0 bridgehead atoms. The van der Waals surface area contributed by atoms with E-state index in [2.05, 4.69) is 9.71 Å². The molecule has 0 radical (unpaired) electrons. The van der Waals surface area contributed by atoms with Gasteiger partial charge in [-0.15, -0.1) is 0 Å². The quantitative estimate of drug-likeness (QED) is 0.644. The smallest absolute Gasteiger partial charge is 0.261 e. The molecule has 0 aliphatic heterocycles. The molecular weight excluding hydrogens is 384 g/mol. The third kappa shape index (κ3) is 4.35. The van der Waals surface area contributed by atoms with Crippen molar-refractivity contribution in [2.45, 2.75) is 18.7 Å². The Bertz CT molecular complexity index is 1110. The largest absolute Gasteiger partial charge is 0.287 e. The van der Waals surface area contributed by atoms with Gasteiger partial charge in [0.2, 0.25) is 5.78 Å². The zero-order valence-electron chi connectivity index (χ0n) is 14.7. The number of anilines is 1. The topological polar surface area (TPSA) is 76.1 Å². The van der Waals surface area contributed by atoms with E-state index in [1.165, 1.54) is 24.4 Å². The molecule has 0 saturated carbocycles. The van der Waals surface area contributed by atoms with Crippen LogP contribution in [0.2, 0.25) is 5.02 Å². The van der Waals surface area contributed by atoms with Crippen LogP contribution in [0, 0.1) is 13.8 Å². The van der Waals surface area contributed by atoms with Crippen LogP contribution in [0.15, 0.2) is 65.7 Å². The molecule has 0 aliphatic rings. The van der Waals surface area contributed by atoms with Crippen molar-refractivity contribution in [3.05, 3.63) is 88.2 Å². The maximum absolute atomic E-state index is 12.9. The predicted molar refractivity (Wildman–Crippen MR) is 106 cm³/mol. The number of hydrogen-bond acceptors (Lipinski definition) is 4. The molecule has 2 aromatic carbocycles. The second kappa shape index (κ2) is 7.50. The number of sulfonamides is 1. The standard InChI is InChI=1S/C20H17ClN2O3S/c1-13-6-8-17(9-7-13)27(25,26)23-18-11-16(21)12-22-19(18)20(24)15-5-3-4-14(2)10-15/h3-12,23H,1-2H3. The highest BCUT2D eigenvalue weighted by atomic mass is 35.5. The van der Waals surface area contributed by atoms with Crippen LogP contribution >= 0.6 is 11.6 Å². The van der Waals surface area contributed by atoms with E-state index < -0.39 is 15.8 Å². The highest BCUT2D eigenvalue weighted by Crippen LogP contribution is 2.25. The van der Waals surface area contributed by atoms with Gasteiger partial charge in [-0.3, -0.25) is 9.52 Å². The van der Waals surface area contributed by atoms with E-state index in [0.717, 1.165) is 11.1 Å². The number of nitrogens with one attached hydrogen (secondary N) is 1. The minimum atomic E-state index is -3.89. The second-order valence-corrected chi connectivity index (χ2v) is 8.29. The fourth-order valence-corrected chi connectivity index (χ4v) is 3.76. The van der Waals surface area contributed by atoms with E-state index in [4.69, 9.17) is 11.6 Å². The van der Waals surface area contributed by atoms with Crippen molar-refractivity contribution in [2.24, 2.45) is 0 Å². The lowest BCUT2D eigenvalue weighted by atomic mass is 10.0. The summed E-state index contributed by atoms with van der Waals surface area (Å²) < 4.78 is 27.8. The summed E-state index contributed by atoms with van der Waals surface area (Å²) in [6.07, 6.45) is 1.31. The molecule has 7 heteroatoms. The fraction of sp³-hybridized carbons (Fsp3) is 0.100. The van der Waals surface area contributed by atoms with Crippen LogP contribution in [0.4, 0.5) is 5.69 Å². The van der Waals surface area contributed by atoms with Crippen molar-refractivity contribution in [1.29, 1.82) is 0 Å². The Morgan fingerprint density at radius 3 is 2.37 bits per heavy atom. The minimum absolute atomic E-state index is 0.0133. The van der Waals surface area contributed by atoms with E-state index >= 15 is 0 Å². The van der Waals surface area contributed by atoms with Crippen molar-refractivity contribution in [2.75, 3.05) is 4.72 Å². The number of halogens is 1. The molecule has 27 heavy (non-hydrogen) atoms. The Hall–Kier alpha value is -2.70. The molecule has 1 aromatic heterocycles. The van der Waals surface area contributed by atoms with Crippen molar-refractivity contribution in [1.82, 2.24) is 4.98 Å². The van der Waals surface area contributed by atoms with Gasteiger partial charge in [0.05, 0.1) is 15.6 Å². The Kier molecular flexibility index (Phi) is 5.30. The Morgan fingerprint density at radius 2 is 1.70 bits per heavy atom. The molecule has 5 nitrogen and oxygen atoms in total. The first-order valence-corrected chi connectivity index (χ1v) is 9.99. The number of nitrogens with zero attached hydrogens (tertiary/aromatic N) is 1. The first kappa shape index (κ1) is 19.1. The van der Waals surface area contributed by atoms with Gasteiger partial charge in [0, 0.05) is 11.8 Å². The highest BCUT2D eigenvalue weighted by Gasteiger charge is 2.21. The average Bonchev–Trinajstić information content (AvgIpc) is 2.61. The number of pyridine rings is 1. The van der Waals surface area contributed by atoms with Gasteiger partial charge in [0.1, 0.15) is 5.69 Å². The highest BCUT2D eigenvalue weighted by molar-refractivity contribution is 7.92. The number of ketones is 1. The molecule has 0 aliphatic carbocycles. The number of aryl methyl sites for hydroxylation is 2. The lowest BCUT2D eigenvalue weighted by molar-refractivity contribution is 0.103. The Labute approximate surface area is 163 Å². The molecule has 3 rings (SSSR count). The molecule has 0 fully saturated rings. The van der Waals surface area contributed by atoms with E-state index in [1.54, 1.807) is 30.3 Å². The normalized spacial score (nSPS) is 11.2. The molecule has 0 saturated heterocycles. The predicted octanol–water partition coefficient (Wildman–Crippen LogP) is 4.38. The van der Waals surface area contributed by atoms with Crippen LogP contribution in [0.1, 0.15) is 27.2 Å². The van der Waals surface area contributed by atoms with Crippen molar-refractivity contribution < 1.29 is 13.2 Å². The van der Waals surface area contributed by atoms with Crippen LogP contribution in [0.3, 0.4) is 0 Å². The van der Waals surface area contributed by atoms with Crippen LogP contribution < -0.4 is 4.72 Å². The number of hydrogen-bond donors (Lipinski definition) is 1. The number of carbonyl (C=O) groups is 1. The average molecular weight is 401 g/mol. The lowest BCUT2D eigenvalue weighted by Gasteiger charge is -2.12. The molecule has 3 aromatic rings. The van der Waals surface area contributed by atoms with Crippen molar-refractivity contribution >= 4 is 33.1 Å². The van der Waals surface area contributed by atoms with Crippen molar-refractivity contribution in [3.63, 3.8) is 0 Å². The first-order valence-electron chi connectivity index (χ1n) is 8.13.